The first-order chi connectivity index (χ1) is 18.9. The van der Waals surface area contributed by atoms with Crippen molar-refractivity contribution >= 4 is 28.2 Å². The lowest BCUT2D eigenvalue weighted by Crippen LogP contribution is -2.49. The summed E-state index contributed by atoms with van der Waals surface area (Å²) in [6.07, 6.45) is 3.28. The van der Waals surface area contributed by atoms with Crippen LogP contribution in [0.4, 0.5) is 11.5 Å². The summed E-state index contributed by atoms with van der Waals surface area (Å²) in [5.41, 5.74) is 3.14. The predicted octanol–water partition coefficient (Wildman–Crippen LogP) is 3.43. The van der Waals surface area contributed by atoms with Crippen molar-refractivity contribution in [1.29, 1.82) is 0 Å². The monoisotopic (exact) mass is 530 g/mol. The number of hydrogen-bond donors (Lipinski definition) is 1. The van der Waals surface area contributed by atoms with Crippen LogP contribution in [0.15, 0.2) is 36.4 Å². The van der Waals surface area contributed by atoms with Crippen molar-refractivity contribution in [3.8, 4) is 11.8 Å². The van der Waals surface area contributed by atoms with Crippen LogP contribution in [-0.2, 0) is 17.8 Å². The van der Waals surface area contributed by atoms with Crippen LogP contribution < -0.4 is 14.5 Å². The molecule has 0 unspecified atom stereocenters. The molecule has 1 atom stereocenters. The third kappa shape index (κ3) is 5.45. The van der Waals surface area contributed by atoms with E-state index >= 15 is 0 Å². The van der Waals surface area contributed by atoms with Gasteiger partial charge in [0.05, 0.1) is 12.2 Å². The number of phenols is 1. The molecule has 0 radical (unpaired) electrons. The second kappa shape index (κ2) is 10.9. The van der Waals surface area contributed by atoms with Crippen LogP contribution in [-0.4, -0.2) is 89.2 Å². The summed E-state index contributed by atoms with van der Waals surface area (Å²) >= 11 is 0. The Balaban J connectivity index is 1.31. The topological polar surface area (TPSA) is 85.3 Å². The molecule has 0 saturated carbocycles. The maximum Gasteiger partial charge on any atom is 0.318 e. The zero-order valence-corrected chi connectivity index (χ0v) is 23.0. The number of rotatable bonds is 6. The lowest BCUT2D eigenvalue weighted by molar-refractivity contribution is -0.129. The fourth-order valence-electron chi connectivity index (χ4n) is 6.22. The van der Waals surface area contributed by atoms with Gasteiger partial charge < -0.3 is 24.5 Å². The molecule has 9 nitrogen and oxygen atoms in total. The molecule has 0 aliphatic carbocycles. The molecule has 9 heteroatoms. The number of carbonyl (C=O) groups is 1. The molecule has 3 aliphatic heterocycles. The van der Waals surface area contributed by atoms with Crippen LogP contribution >= 0.6 is 0 Å². The van der Waals surface area contributed by atoms with Crippen molar-refractivity contribution in [2.45, 2.75) is 45.8 Å². The summed E-state index contributed by atoms with van der Waals surface area (Å²) in [6.45, 7) is 11.1. The van der Waals surface area contributed by atoms with E-state index in [0.717, 1.165) is 79.2 Å². The first-order valence-corrected chi connectivity index (χ1v) is 14.2. The molecule has 3 aliphatic rings. The molecule has 2 fully saturated rings. The Morgan fingerprint density at radius 3 is 2.54 bits per heavy atom. The Morgan fingerprint density at radius 1 is 1.00 bits per heavy atom. The fourth-order valence-corrected chi connectivity index (χ4v) is 6.22. The fraction of sp³-hybridized carbons (Fsp3) is 0.500. The summed E-state index contributed by atoms with van der Waals surface area (Å²) in [5, 5.41) is 12.6. The standard InChI is InChI=1S/C30H38N6O3/c1-21(19-33-10-5-6-11-33)39-30-31-27-20-36(28-18-24(38)17-23-7-3-4-8-25(23)28)12-9-26(27)29(32-30)35-15-13-34(14-16-35)22(2)37/h3-4,7-8,17-18,21,38H,5-6,9-16,19-20H2,1-2H3/t21-/m1/s1. The summed E-state index contributed by atoms with van der Waals surface area (Å²) in [5.74, 6) is 1.32. The van der Waals surface area contributed by atoms with Crippen LogP contribution in [0.3, 0.4) is 0 Å². The van der Waals surface area contributed by atoms with Crippen molar-refractivity contribution in [2.24, 2.45) is 0 Å². The van der Waals surface area contributed by atoms with Gasteiger partial charge >= 0.3 is 6.01 Å². The molecule has 1 amide bonds. The highest BCUT2D eigenvalue weighted by atomic mass is 16.5. The number of amides is 1. The van der Waals surface area contributed by atoms with Gasteiger partial charge in [-0.05, 0) is 50.7 Å². The molecule has 1 aromatic heterocycles. The number of aromatic nitrogens is 2. The molecule has 206 valence electrons. The van der Waals surface area contributed by atoms with Gasteiger partial charge in [0.15, 0.2) is 0 Å². The number of aromatic hydroxyl groups is 1. The zero-order valence-electron chi connectivity index (χ0n) is 23.0. The van der Waals surface area contributed by atoms with Crippen molar-refractivity contribution in [2.75, 3.05) is 62.2 Å². The van der Waals surface area contributed by atoms with E-state index in [-0.39, 0.29) is 17.8 Å². The number of anilines is 2. The van der Waals surface area contributed by atoms with Gasteiger partial charge in [0.1, 0.15) is 17.7 Å². The average molecular weight is 531 g/mol. The van der Waals surface area contributed by atoms with Gasteiger partial charge in [-0.3, -0.25) is 9.69 Å². The number of nitrogens with zero attached hydrogens (tertiary/aromatic N) is 6. The normalized spacial score (nSPS) is 18.9. The first kappa shape index (κ1) is 25.7. The van der Waals surface area contributed by atoms with Gasteiger partial charge in [0, 0.05) is 68.9 Å². The third-order valence-electron chi connectivity index (χ3n) is 8.23. The number of fused-ring (bicyclic) bond motifs is 2. The minimum atomic E-state index is -0.0155. The number of likely N-dealkylation sites (tertiary alicyclic amines) is 1. The van der Waals surface area contributed by atoms with E-state index in [9.17, 15) is 9.90 Å². The van der Waals surface area contributed by atoms with E-state index < -0.39 is 0 Å². The number of benzene rings is 2. The van der Waals surface area contributed by atoms with Gasteiger partial charge in [-0.1, -0.05) is 24.3 Å². The van der Waals surface area contributed by atoms with Gasteiger partial charge in [0.2, 0.25) is 5.91 Å². The maximum atomic E-state index is 11.9. The second-order valence-electron chi connectivity index (χ2n) is 11.0. The number of hydrogen-bond acceptors (Lipinski definition) is 8. The summed E-state index contributed by atoms with van der Waals surface area (Å²) in [6, 6.07) is 12.3. The average Bonchev–Trinajstić information content (AvgIpc) is 3.44. The Hall–Kier alpha value is -3.59. The Morgan fingerprint density at radius 2 is 1.77 bits per heavy atom. The van der Waals surface area contributed by atoms with Crippen molar-refractivity contribution < 1.29 is 14.6 Å². The summed E-state index contributed by atoms with van der Waals surface area (Å²) in [4.78, 5) is 30.8. The third-order valence-corrected chi connectivity index (χ3v) is 8.23. The van der Waals surface area contributed by atoms with Crippen molar-refractivity contribution in [3.63, 3.8) is 0 Å². The Labute approximate surface area is 230 Å². The maximum absolute atomic E-state index is 11.9. The highest BCUT2D eigenvalue weighted by molar-refractivity contribution is 5.95. The quantitative estimate of drug-likeness (QED) is 0.519. The molecular formula is C30H38N6O3. The number of ether oxygens (including phenoxy) is 1. The molecular weight excluding hydrogens is 492 g/mol. The van der Waals surface area contributed by atoms with Gasteiger partial charge in [-0.2, -0.15) is 9.97 Å². The van der Waals surface area contributed by atoms with Crippen molar-refractivity contribution in [1.82, 2.24) is 19.8 Å². The van der Waals surface area contributed by atoms with Crippen LogP contribution in [0.25, 0.3) is 10.8 Å². The van der Waals surface area contributed by atoms with Crippen LogP contribution in [0.2, 0.25) is 0 Å². The minimum Gasteiger partial charge on any atom is -0.508 e. The molecule has 1 N–H and O–H groups in total. The van der Waals surface area contributed by atoms with E-state index in [2.05, 4.69) is 27.7 Å². The van der Waals surface area contributed by atoms with E-state index in [1.807, 2.05) is 35.2 Å². The number of piperazine rings is 1. The smallest absolute Gasteiger partial charge is 0.318 e. The Kier molecular flexibility index (Phi) is 7.16. The lowest BCUT2D eigenvalue weighted by Gasteiger charge is -2.38. The van der Waals surface area contributed by atoms with E-state index in [1.54, 1.807) is 6.92 Å². The molecule has 0 spiro atoms. The second-order valence-corrected chi connectivity index (χ2v) is 11.0. The summed E-state index contributed by atoms with van der Waals surface area (Å²) in [7, 11) is 0. The van der Waals surface area contributed by atoms with Crippen LogP contribution in [0, 0.1) is 0 Å². The molecule has 39 heavy (non-hydrogen) atoms. The van der Waals surface area contributed by atoms with Gasteiger partial charge in [0.25, 0.3) is 0 Å². The van der Waals surface area contributed by atoms with Gasteiger partial charge in [-0.15, -0.1) is 0 Å². The van der Waals surface area contributed by atoms with Crippen LogP contribution in [0.1, 0.15) is 37.9 Å². The predicted molar refractivity (Wildman–Crippen MR) is 153 cm³/mol. The highest BCUT2D eigenvalue weighted by Crippen LogP contribution is 2.36. The zero-order chi connectivity index (χ0) is 26.9. The number of carbonyl (C=O) groups excluding carboxylic acids is 1. The molecule has 2 saturated heterocycles. The SMILES string of the molecule is CC(=O)N1CCN(c2nc(O[C@H](C)CN3CCCC3)nc3c2CCN(c2cc(O)cc4ccccc24)C3)CC1. The summed E-state index contributed by atoms with van der Waals surface area (Å²) < 4.78 is 6.35. The first-order valence-electron chi connectivity index (χ1n) is 14.2. The Bertz CT molecular complexity index is 1350. The molecule has 2 aromatic carbocycles. The van der Waals surface area contributed by atoms with Crippen LogP contribution in [0.5, 0.6) is 11.8 Å². The molecule has 6 rings (SSSR count). The molecule has 3 aromatic rings. The highest BCUT2D eigenvalue weighted by Gasteiger charge is 2.29. The van der Waals surface area contributed by atoms with E-state index in [4.69, 9.17) is 14.7 Å². The lowest BCUT2D eigenvalue weighted by atomic mass is 10.0. The molecule has 0 bridgehead atoms. The molecule has 4 heterocycles. The number of phenolic OH excluding ortho intramolecular Hbond substituents is 1. The largest absolute Gasteiger partial charge is 0.508 e. The minimum absolute atomic E-state index is 0.0155. The van der Waals surface area contributed by atoms with Crippen molar-refractivity contribution in [3.05, 3.63) is 47.7 Å². The van der Waals surface area contributed by atoms with Gasteiger partial charge in [-0.25, -0.2) is 0 Å². The van der Waals surface area contributed by atoms with E-state index in [1.165, 1.54) is 12.8 Å². The van der Waals surface area contributed by atoms with E-state index in [0.29, 0.717) is 25.6 Å².